The summed E-state index contributed by atoms with van der Waals surface area (Å²) in [4.78, 5) is 24.6. The zero-order chi connectivity index (χ0) is 15.0. The first-order valence-corrected chi connectivity index (χ1v) is 8.42. The van der Waals surface area contributed by atoms with Gasteiger partial charge in [-0.15, -0.1) is 0 Å². The first-order valence-electron chi connectivity index (χ1n) is 7.63. The van der Waals surface area contributed by atoms with Crippen molar-refractivity contribution < 1.29 is 9.59 Å². The van der Waals surface area contributed by atoms with Crippen LogP contribution >= 0.6 is 15.9 Å². The SMILES string of the molecule is CC1CCCCC12CC(=O)NC(=O)C2c1ccccc1Br. The van der Waals surface area contributed by atoms with Crippen molar-refractivity contribution in [3.05, 3.63) is 34.3 Å². The van der Waals surface area contributed by atoms with Crippen molar-refractivity contribution in [1.82, 2.24) is 5.32 Å². The molecule has 0 aromatic heterocycles. The highest BCUT2D eigenvalue weighted by atomic mass is 79.9. The summed E-state index contributed by atoms with van der Waals surface area (Å²) in [5, 5.41) is 2.55. The number of halogens is 1. The predicted molar refractivity (Wildman–Crippen MR) is 84.7 cm³/mol. The molecule has 2 aliphatic rings. The molecule has 1 saturated heterocycles. The van der Waals surface area contributed by atoms with E-state index < -0.39 is 0 Å². The molecule has 1 aromatic rings. The maximum atomic E-state index is 12.6. The Morgan fingerprint density at radius 2 is 2.00 bits per heavy atom. The van der Waals surface area contributed by atoms with Gasteiger partial charge in [-0.05, 0) is 29.4 Å². The minimum absolute atomic E-state index is 0.114. The third-order valence-corrected chi connectivity index (χ3v) is 6.04. The van der Waals surface area contributed by atoms with E-state index in [1.807, 2.05) is 24.3 Å². The lowest BCUT2D eigenvalue weighted by Gasteiger charge is -2.49. The molecule has 3 atom stereocenters. The van der Waals surface area contributed by atoms with Crippen molar-refractivity contribution >= 4 is 27.7 Å². The van der Waals surface area contributed by atoms with Gasteiger partial charge < -0.3 is 0 Å². The van der Waals surface area contributed by atoms with E-state index >= 15 is 0 Å². The van der Waals surface area contributed by atoms with Crippen LogP contribution < -0.4 is 5.32 Å². The van der Waals surface area contributed by atoms with Crippen LogP contribution in [0.1, 0.15) is 50.5 Å². The summed E-state index contributed by atoms with van der Waals surface area (Å²) in [5.41, 5.74) is 0.790. The molecular formula is C17H20BrNO2. The largest absolute Gasteiger partial charge is 0.296 e. The second-order valence-electron chi connectivity index (χ2n) is 6.42. The zero-order valence-electron chi connectivity index (χ0n) is 12.2. The van der Waals surface area contributed by atoms with E-state index in [-0.39, 0.29) is 23.1 Å². The summed E-state index contributed by atoms with van der Waals surface area (Å²) in [5.74, 6) is -0.0941. The minimum Gasteiger partial charge on any atom is -0.296 e. The van der Waals surface area contributed by atoms with Crippen LogP contribution in [-0.4, -0.2) is 11.8 Å². The van der Waals surface area contributed by atoms with Crippen molar-refractivity contribution in [3.63, 3.8) is 0 Å². The zero-order valence-corrected chi connectivity index (χ0v) is 13.8. The summed E-state index contributed by atoms with van der Waals surface area (Å²) in [6.07, 6.45) is 4.82. The minimum atomic E-state index is -0.235. The van der Waals surface area contributed by atoms with E-state index in [2.05, 4.69) is 28.2 Å². The van der Waals surface area contributed by atoms with Gasteiger partial charge in [0.2, 0.25) is 11.8 Å². The van der Waals surface area contributed by atoms with Gasteiger partial charge in [-0.1, -0.05) is 60.3 Å². The molecule has 1 aliphatic carbocycles. The highest BCUT2D eigenvalue weighted by Crippen LogP contribution is 2.55. The standard InChI is InChI=1S/C17H20BrNO2/c1-11-6-4-5-9-17(11)10-14(20)19-16(21)15(17)12-7-2-3-8-13(12)18/h2-3,7-8,11,15H,4-6,9-10H2,1H3,(H,19,20,21). The summed E-state index contributed by atoms with van der Waals surface area (Å²) in [7, 11) is 0. The van der Waals surface area contributed by atoms with Crippen LogP contribution in [-0.2, 0) is 9.59 Å². The fraction of sp³-hybridized carbons (Fsp3) is 0.529. The molecule has 2 fully saturated rings. The molecule has 3 unspecified atom stereocenters. The quantitative estimate of drug-likeness (QED) is 0.784. The van der Waals surface area contributed by atoms with E-state index in [4.69, 9.17) is 0 Å². The smallest absolute Gasteiger partial charge is 0.234 e. The lowest BCUT2D eigenvalue weighted by Crippen LogP contribution is -2.54. The molecule has 1 heterocycles. The van der Waals surface area contributed by atoms with Gasteiger partial charge in [0, 0.05) is 10.9 Å². The molecule has 1 N–H and O–H groups in total. The van der Waals surface area contributed by atoms with Crippen LogP contribution in [0.3, 0.4) is 0 Å². The first-order chi connectivity index (χ1) is 10.0. The summed E-state index contributed by atoms with van der Waals surface area (Å²) < 4.78 is 0.955. The molecule has 2 amide bonds. The van der Waals surface area contributed by atoms with Gasteiger partial charge in [0.1, 0.15) is 0 Å². The summed E-state index contributed by atoms with van der Waals surface area (Å²) in [6, 6.07) is 7.90. The van der Waals surface area contributed by atoms with Gasteiger partial charge in [0.15, 0.2) is 0 Å². The number of amides is 2. The van der Waals surface area contributed by atoms with Gasteiger partial charge in [0.05, 0.1) is 5.92 Å². The topological polar surface area (TPSA) is 46.2 Å². The predicted octanol–water partition coefficient (Wildman–Crippen LogP) is 3.78. The van der Waals surface area contributed by atoms with Crippen molar-refractivity contribution in [2.24, 2.45) is 11.3 Å². The lowest BCUT2D eigenvalue weighted by atomic mass is 9.55. The Labute approximate surface area is 133 Å². The Bertz CT molecular complexity index is 586. The highest BCUT2D eigenvalue weighted by Gasteiger charge is 2.53. The number of piperidine rings is 1. The van der Waals surface area contributed by atoms with Crippen LogP contribution in [0.25, 0.3) is 0 Å². The van der Waals surface area contributed by atoms with Gasteiger partial charge in [-0.25, -0.2) is 0 Å². The molecule has 112 valence electrons. The van der Waals surface area contributed by atoms with E-state index in [9.17, 15) is 9.59 Å². The van der Waals surface area contributed by atoms with Gasteiger partial charge in [-0.2, -0.15) is 0 Å². The van der Waals surface area contributed by atoms with Crippen LogP contribution in [0, 0.1) is 11.3 Å². The summed E-state index contributed by atoms with van der Waals surface area (Å²) in [6.45, 7) is 2.20. The Morgan fingerprint density at radius 3 is 2.71 bits per heavy atom. The molecule has 1 saturated carbocycles. The fourth-order valence-electron chi connectivity index (χ4n) is 4.21. The number of hydrogen-bond donors (Lipinski definition) is 1. The molecule has 1 aliphatic heterocycles. The average Bonchev–Trinajstić information content (AvgIpc) is 2.43. The molecule has 4 heteroatoms. The lowest BCUT2D eigenvalue weighted by molar-refractivity contribution is -0.143. The average molecular weight is 350 g/mol. The first kappa shape index (κ1) is 14.8. The summed E-state index contributed by atoms with van der Waals surface area (Å²) >= 11 is 3.58. The van der Waals surface area contributed by atoms with Crippen molar-refractivity contribution in [2.45, 2.75) is 44.9 Å². The number of carbonyl (C=O) groups excluding carboxylic acids is 2. The maximum absolute atomic E-state index is 12.6. The molecule has 0 bridgehead atoms. The fourth-order valence-corrected chi connectivity index (χ4v) is 4.72. The van der Waals surface area contributed by atoms with E-state index in [1.165, 1.54) is 6.42 Å². The number of imide groups is 1. The van der Waals surface area contributed by atoms with Crippen molar-refractivity contribution in [3.8, 4) is 0 Å². The Kier molecular flexibility index (Phi) is 3.91. The van der Waals surface area contributed by atoms with Crippen LogP contribution in [0.4, 0.5) is 0 Å². The van der Waals surface area contributed by atoms with Gasteiger partial charge >= 0.3 is 0 Å². The van der Waals surface area contributed by atoms with Crippen molar-refractivity contribution in [2.75, 3.05) is 0 Å². The molecule has 21 heavy (non-hydrogen) atoms. The van der Waals surface area contributed by atoms with E-state index in [0.29, 0.717) is 12.3 Å². The normalized spacial score (nSPS) is 33.0. The monoisotopic (exact) mass is 349 g/mol. The second kappa shape index (κ2) is 5.56. The van der Waals surface area contributed by atoms with Crippen molar-refractivity contribution in [1.29, 1.82) is 0 Å². The Balaban J connectivity index is 2.11. The number of nitrogens with one attached hydrogen (secondary N) is 1. The molecule has 1 aromatic carbocycles. The highest BCUT2D eigenvalue weighted by molar-refractivity contribution is 9.10. The second-order valence-corrected chi connectivity index (χ2v) is 7.28. The van der Waals surface area contributed by atoms with E-state index in [0.717, 1.165) is 29.3 Å². The number of rotatable bonds is 1. The van der Waals surface area contributed by atoms with E-state index in [1.54, 1.807) is 0 Å². The molecule has 1 spiro atoms. The third-order valence-electron chi connectivity index (χ3n) is 5.32. The van der Waals surface area contributed by atoms with Gasteiger partial charge in [-0.3, -0.25) is 14.9 Å². The third kappa shape index (κ3) is 2.44. The molecule has 3 rings (SSSR count). The molecule has 3 nitrogen and oxygen atoms in total. The number of carbonyl (C=O) groups is 2. The van der Waals surface area contributed by atoms with Crippen LogP contribution in [0.2, 0.25) is 0 Å². The number of hydrogen-bond acceptors (Lipinski definition) is 2. The Morgan fingerprint density at radius 1 is 1.24 bits per heavy atom. The molecular weight excluding hydrogens is 330 g/mol. The van der Waals surface area contributed by atoms with Gasteiger partial charge in [0.25, 0.3) is 0 Å². The van der Waals surface area contributed by atoms with Crippen LogP contribution in [0.5, 0.6) is 0 Å². The Hall–Kier alpha value is -1.16. The van der Waals surface area contributed by atoms with Crippen LogP contribution in [0.15, 0.2) is 28.7 Å². The number of benzene rings is 1. The maximum Gasteiger partial charge on any atom is 0.234 e. The molecule has 0 radical (unpaired) electrons.